The minimum Gasteiger partial charge on any atom is -0.0993 e. The van der Waals surface area contributed by atoms with Crippen molar-refractivity contribution in [2.45, 2.75) is 84.1 Å². The molecule has 0 radical (unpaired) electrons. The van der Waals surface area contributed by atoms with Crippen LogP contribution >= 0.6 is 0 Å². The summed E-state index contributed by atoms with van der Waals surface area (Å²) in [5.41, 5.74) is 1.85. The van der Waals surface area contributed by atoms with Crippen molar-refractivity contribution in [2.75, 3.05) is 0 Å². The highest BCUT2D eigenvalue weighted by atomic mass is 14.3. The summed E-state index contributed by atoms with van der Waals surface area (Å²) in [6.45, 7) is 26.5. The van der Waals surface area contributed by atoms with Crippen LogP contribution in [0.5, 0.6) is 0 Å². The fourth-order valence-corrected chi connectivity index (χ4v) is 1.33. The second-order valence-corrected chi connectivity index (χ2v) is 7.02. The molecule has 0 aliphatic heterocycles. The Morgan fingerprint density at radius 1 is 0.684 bits per heavy atom. The molecule has 0 bridgehead atoms. The lowest BCUT2D eigenvalue weighted by atomic mass is 9.72. The summed E-state index contributed by atoms with van der Waals surface area (Å²) in [4.78, 5) is 0. The minimum absolute atomic E-state index is 0. The van der Waals surface area contributed by atoms with Gasteiger partial charge in [-0.15, -0.1) is 0 Å². The van der Waals surface area contributed by atoms with E-state index in [-0.39, 0.29) is 14.9 Å². The second-order valence-electron chi connectivity index (χ2n) is 7.02. The van der Waals surface area contributed by atoms with Gasteiger partial charge in [-0.2, -0.15) is 0 Å². The molecule has 0 aliphatic carbocycles. The third kappa shape index (κ3) is 11.3. The van der Waals surface area contributed by atoms with E-state index in [1.54, 1.807) is 0 Å². The van der Waals surface area contributed by atoms with Gasteiger partial charge in [0.1, 0.15) is 0 Å². The Balaban J connectivity index is -0.000000108. The van der Waals surface area contributed by atoms with E-state index in [1.165, 1.54) is 5.57 Å². The van der Waals surface area contributed by atoms with Crippen LogP contribution in [0.1, 0.15) is 84.1 Å². The van der Waals surface area contributed by atoms with Crippen LogP contribution < -0.4 is 0 Å². The van der Waals surface area contributed by atoms with Gasteiger partial charge in [0.25, 0.3) is 0 Å². The molecule has 0 rings (SSSR count). The maximum atomic E-state index is 3.95. The Labute approximate surface area is 126 Å². The number of hydrogen-bond acceptors (Lipinski definition) is 0. The highest BCUT2D eigenvalue weighted by Crippen LogP contribution is 2.33. The largest absolute Gasteiger partial charge is 0.0993 e. The van der Waals surface area contributed by atoms with Gasteiger partial charge >= 0.3 is 0 Å². The van der Waals surface area contributed by atoms with Crippen LogP contribution in [0.3, 0.4) is 0 Å². The third-order valence-electron chi connectivity index (χ3n) is 4.46. The summed E-state index contributed by atoms with van der Waals surface area (Å²) in [6.07, 6.45) is 0. The highest BCUT2D eigenvalue weighted by molar-refractivity contribution is 4.99. The SMILES string of the molecule is C.C.C=C(C(C)C)C(C)C.CC(C)C(C)(C)C(C)C. The zero-order valence-electron chi connectivity index (χ0n) is 14.0. The Bertz CT molecular complexity index is 184. The molecule has 0 fully saturated rings. The van der Waals surface area contributed by atoms with Gasteiger partial charge in [0.15, 0.2) is 0 Å². The van der Waals surface area contributed by atoms with Crippen molar-refractivity contribution in [1.82, 2.24) is 0 Å². The lowest BCUT2D eigenvalue weighted by Crippen LogP contribution is -2.25. The molecular formula is C19H44. The molecule has 0 aromatic carbocycles. The smallest absolute Gasteiger partial charge is 0.0260 e. The van der Waals surface area contributed by atoms with Gasteiger partial charge in [0.2, 0.25) is 0 Å². The van der Waals surface area contributed by atoms with Gasteiger partial charge in [-0.25, -0.2) is 0 Å². The van der Waals surface area contributed by atoms with Crippen LogP contribution in [0.4, 0.5) is 0 Å². The molecule has 0 aromatic rings. The second kappa shape index (κ2) is 11.6. The molecule has 0 aromatic heterocycles. The third-order valence-corrected chi connectivity index (χ3v) is 4.46. The van der Waals surface area contributed by atoms with E-state index in [1.807, 2.05) is 0 Å². The van der Waals surface area contributed by atoms with Crippen LogP contribution in [-0.2, 0) is 0 Å². The first-order chi connectivity index (χ1) is 7.44. The minimum atomic E-state index is 0. The van der Waals surface area contributed by atoms with Crippen molar-refractivity contribution < 1.29 is 0 Å². The van der Waals surface area contributed by atoms with Crippen molar-refractivity contribution in [3.8, 4) is 0 Å². The van der Waals surface area contributed by atoms with Gasteiger partial charge in [-0.05, 0) is 29.1 Å². The van der Waals surface area contributed by atoms with Gasteiger partial charge in [0.05, 0.1) is 0 Å². The van der Waals surface area contributed by atoms with Gasteiger partial charge < -0.3 is 0 Å². The van der Waals surface area contributed by atoms with Crippen molar-refractivity contribution in [3.63, 3.8) is 0 Å². The number of rotatable bonds is 4. The summed E-state index contributed by atoms with van der Waals surface area (Å²) in [5.74, 6) is 2.87. The predicted molar refractivity (Wildman–Crippen MR) is 95.7 cm³/mol. The van der Waals surface area contributed by atoms with Gasteiger partial charge in [-0.1, -0.05) is 96.2 Å². The molecule has 0 heterocycles. The summed E-state index contributed by atoms with van der Waals surface area (Å²) in [7, 11) is 0. The predicted octanol–water partition coefficient (Wildman–Crippen LogP) is 7.45. The first-order valence-electron chi connectivity index (χ1n) is 7.13. The molecule has 0 atom stereocenters. The fourth-order valence-electron chi connectivity index (χ4n) is 1.33. The van der Waals surface area contributed by atoms with E-state index >= 15 is 0 Å². The van der Waals surface area contributed by atoms with E-state index in [0.29, 0.717) is 17.3 Å². The molecule has 0 saturated carbocycles. The topological polar surface area (TPSA) is 0 Å². The van der Waals surface area contributed by atoms with E-state index in [4.69, 9.17) is 0 Å². The first kappa shape index (κ1) is 27.1. The molecule has 0 spiro atoms. The monoisotopic (exact) mass is 272 g/mol. The average molecular weight is 273 g/mol. The molecule has 0 heteroatoms. The van der Waals surface area contributed by atoms with Gasteiger partial charge in [0, 0.05) is 0 Å². The maximum Gasteiger partial charge on any atom is -0.0260 e. The first-order valence-corrected chi connectivity index (χ1v) is 7.13. The lowest BCUT2D eigenvalue weighted by molar-refractivity contribution is 0.165. The molecule has 19 heavy (non-hydrogen) atoms. The molecule has 0 N–H and O–H groups in total. The summed E-state index contributed by atoms with van der Waals surface area (Å²) < 4.78 is 0. The van der Waals surface area contributed by atoms with Crippen molar-refractivity contribution in [3.05, 3.63) is 12.2 Å². The fraction of sp³-hybridized carbons (Fsp3) is 0.895. The van der Waals surface area contributed by atoms with E-state index in [0.717, 1.165) is 11.8 Å². The van der Waals surface area contributed by atoms with Gasteiger partial charge in [-0.3, -0.25) is 0 Å². The molecular weight excluding hydrogens is 228 g/mol. The van der Waals surface area contributed by atoms with E-state index in [9.17, 15) is 0 Å². The zero-order valence-corrected chi connectivity index (χ0v) is 14.0. The van der Waals surface area contributed by atoms with Crippen molar-refractivity contribution >= 4 is 0 Å². The standard InChI is InChI=1S/C9H20.C8H16.2CH4/c1-7(2)9(5,6)8(3)4;1-6(2)8(5)7(3)4;;/h7-8H,1-6H3;6-7H,5H2,1-4H3;2*1H4. The van der Waals surface area contributed by atoms with Crippen molar-refractivity contribution in [2.24, 2.45) is 29.1 Å². The molecule has 0 aliphatic rings. The quantitative estimate of drug-likeness (QED) is 0.466. The van der Waals surface area contributed by atoms with E-state index < -0.39 is 0 Å². The van der Waals surface area contributed by atoms with Crippen molar-refractivity contribution in [1.29, 1.82) is 0 Å². The maximum absolute atomic E-state index is 3.95. The van der Waals surface area contributed by atoms with Crippen LogP contribution in [0.2, 0.25) is 0 Å². The Kier molecular flexibility index (Phi) is 16.5. The molecule has 0 amide bonds. The average Bonchev–Trinajstić information content (AvgIpc) is 2.16. The molecule has 120 valence electrons. The number of hydrogen-bond donors (Lipinski definition) is 0. The van der Waals surface area contributed by atoms with E-state index in [2.05, 4.69) is 75.8 Å². The highest BCUT2D eigenvalue weighted by Gasteiger charge is 2.25. The zero-order chi connectivity index (χ0) is 14.4. The molecule has 0 saturated heterocycles. The van der Waals surface area contributed by atoms with Crippen LogP contribution in [0, 0.1) is 29.1 Å². The Morgan fingerprint density at radius 3 is 0.895 bits per heavy atom. The Hall–Kier alpha value is -0.260. The summed E-state index contributed by atoms with van der Waals surface area (Å²) in [6, 6.07) is 0. The number of allylic oxidation sites excluding steroid dienone is 1. The molecule has 0 nitrogen and oxygen atoms in total. The normalized spacial score (nSPS) is 10.8. The summed E-state index contributed by atoms with van der Waals surface area (Å²) in [5, 5.41) is 0. The van der Waals surface area contributed by atoms with Crippen LogP contribution in [0.25, 0.3) is 0 Å². The summed E-state index contributed by atoms with van der Waals surface area (Å²) >= 11 is 0. The molecule has 0 unspecified atom stereocenters. The van der Waals surface area contributed by atoms with Crippen LogP contribution in [-0.4, -0.2) is 0 Å². The Morgan fingerprint density at radius 2 is 0.895 bits per heavy atom. The van der Waals surface area contributed by atoms with Crippen LogP contribution in [0.15, 0.2) is 12.2 Å². The lowest BCUT2D eigenvalue weighted by Gasteiger charge is -2.33.